The first-order valence-electron chi connectivity index (χ1n) is 16.9. The van der Waals surface area contributed by atoms with Crippen LogP contribution in [0.4, 0.5) is 18.4 Å². The number of rotatable bonds is 8. The van der Waals surface area contributed by atoms with Gasteiger partial charge in [0.2, 0.25) is 15.9 Å². The standard InChI is InChI=1S/C32H30BClF2N8O11S/c34-24-17(13-19(36)26(45)27(24)46)25(29(47)37-22-11-14-1-3-18(35)23(30(48)49)28(14)55-33(22)52)38-31(50)44-10-9-43(32(44)51)15-5-7-42(8-6-15)56(53,54)16-2-4-20-21(12-16)40-41-39-20/h1-4,12-13,15,22,25,45-46,52H,5-11H2,(H,37,47)(H,38,50)(H,48,49)(H,39,40,41). The summed E-state index contributed by atoms with van der Waals surface area (Å²) in [4.78, 5) is 54.9. The zero-order chi connectivity index (χ0) is 40.2. The van der Waals surface area contributed by atoms with Crippen molar-refractivity contribution in [3.05, 3.63) is 69.7 Å². The van der Waals surface area contributed by atoms with E-state index >= 15 is 0 Å². The summed E-state index contributed by atoms with van der Waals surface area (Å²) < 4.78 is 62.2. The number of benzene rings is 3. The zero-order valence-electron chi connectivity index (χ0n) is 28.6. The Labute approximate surface area is 320 Å². The summed E-state index contributed by atoms with van der Waals surface area (Å²) in [7, 11) is -5.86. The number of piperidine rings is 1. The van der Waals surface area contributed by atoms with Crippen LogP contribution in [-0.2, 0) is 21.2 Å². The number of aromatic amines is 1. The molecule has 0 aliphatic carbocycles. The molecule has 0 radical (unpaired) electrons. The number of phenolic OH excluding ortho intramolecular Hbond substituents is 2. The van der Waals surface area contributed by atoms with Crippen molar-refractivity contribution in [1.82, 2.24) is 40.1 Å². The van der Waals surface area contributed by atoms with Crippen molar-refractivity contribution < 1.29 is 61.4 Å². The number of amides is 5. The summed E-state index contributed by atoms with van der Waals surface area (Å²) in [6.07, 6.45) is 0.159. The molecule has 2 saturated heterocycles. The van der Waals surface area contributed by atoms with Crippen molar-refractivity contribution in [1.29, 1.82) is 0 Å². The third-order valence-electron chi connectivity index (χ3n) is 9.87. The van der Waals surface area contributed by atoms with Crippen LogP contribution in [0.25, 0.3) is 11.0 Å². The number of carboxylic acid groups (broad SMARTS) is 1. The van der Waals surface area contributed by atoms with E-state index in [1.165, 1.54) is 27.4 Å². The molecule has 0 saturated carbocycles. The molecule has 2 unspecified atom stereocenters. The Morgan fingerprint density at radius 1 is 1.04 bits per heavy atom. The summed E-state index contributed by atoms with van der Waals surface area (Å²) >= 11 is 6.19. The lowest BCUT2D eigenvalue weighted by Gasteiger charge is -2.35. The number of urea groups is 2. The number of halogens is 3. The molecule has 0 bridgehead atoms. The third kappa shape index (κ3) is 6.86. The van der Waals surface area contributed by atoms with Gasteiger partial charge in [-0.2, -0.15) is 4.31 Å². The predicted octanol–water partition coefficient (Wildman–Crippen LogP) is 1.48. The van der Waals surface area contributed by atoms with Gasteiger partial charge in [-0.15, -0.1) is 5.10 Å². The fourth-order valence-corrected chi connectivity index (χ4v) is 8.69. The Balaban J connectivity index is 1.06. The Bertz CT molecular complexity index is 2400. The van der Waals surface area contributed by atoms with Gasteiger partial charge in [0.1, 0.15) is 28.7 Å². The van der Waals surface area contributed by atoms with Gasteiger partial charge in [0.05, 0.1) is 21.4 Å². The van der Waals surface area contributed by atoms with E-state index in [2.05, 4.69) is 26.0 Å². The maximum Gasteiger partial charge on any atom is 0.547 e. The van der Waals surface area contributed by atoms with Gasteiger partial charge in [0.15, 0.2) is 17.3 Å². The van der Waals surface area contributed by atoms with E-state index in [-0.39, 0.29) is 55.9 Å². The molecule has 5 amide bonds. The van der Waals surface area contributed by atoms with E-state index in [9.17, 15) is 56.7 Å². The van der Waals surface area contributed by atoms with E-state index in [1.54, 1.807) is 6.07 Å². The number of carboxylic acids is 1. The van der Waals surface area contributed by atoms with Crippen LogP contribution >= 0.6 is 11.6 Å². The van der Waals surface area contributed by atoms with Crippen LogP contribution in [-0.4, -0.2) is 127 Å². The largest absolute Gasteiger partial charge is 0.547 e. The van der Waals surface area contributed by atoms with E-state index in [0.29, 0.717) is 17.1 Å². The van der Waals surface area contributed by atoms with Crippen LogP contribution in [0.15, 0.2) is 41.3 Å². The minimum Gasteiger partial charge on any atom is -0.534 e. The molecule has 0 spiro atoms. The number of aromatic carboxylic acids is 1. The number of aromatic hydroxyl groups is 2. The summed E-state index contributed by atoms with van der Waals surface area (Å²) in [6, 6.07) is 2.60. The molecule has 2 fully saturated rings. The SMILES string of the molecule is O=C(O)c1c(F)ccc2c1OB(O)C(NC(=O)C(NC(=O)N1CCN(C3CCN(S(=O)(=O)c4ccc5[nH]nnc5c4)CC3)C1=O)c1cc(F)c(O)c(O)c1Cl)C2. The molecule has 7 rings (SSSR count). The number of imide groups is 1. The highest BCUT2D eigenvalue weighted by molar-refractivity contribution is 7.89. The number of hydrogen-bond donors (Lipinski definition) is 7. The van der Waals surface area contributed by atoms with E-state index in [0.717, 1.165) is 11.0 Å². The number of sulfonamides is 1. The van der Waals surface area contributed by atoms with Crippen LogP contribution in [0.1, 0.15) is 40.4 Å². The van der Waals surface area contributed by atoms with E-state index in [4.69, 9.17) is 16.3 Å². The van der Waals surface area contributed by atoms with E-state index in [1.807, 2.05) is 0 Å². The van der Waals surface area contributed by atoms with Crippen molar-refractivity contribution in [2.45, 2.75) is 42.2 Å². The van der Waals surface area contributed by atoms with Gasteiger partial charge < -0.3 is 40.5 Å². The molecular formula is C32H30BClF2N8O11S. The van der Waals surface area contributed by atoms with Gasteiger partial charge in [-0.05, 0) is 55.2 Å². The van der Waals surface area contributed by atoms with Crippen molar-refractivity contribution in [3.8, 4) is 17.2 Å². The summed E-state index contributed by atoms with van der Waals surface area (Å²) in [5, 5.41) is 54.4. The highest BCUT2D eigenvalue weighted by Crippen LogP contribution is 2.41. The number of aromatic nitrogens is 3. The first kappa shape index (κ1) is 38.5. The molecule has 7 N–H and O–H groups in total. The molecule has 3 aromatic carbocycles. The van der Waals surface area contributed by atoms with Gasteiger partial charge in [0, 0.05) is 37.8 Å². The van der Waals surface area contributed by atoms with Crippen LogP contribution in [0.2, 0.25) is 5.02 Å². The Hall–Kier alpha value is -5.78. The number of nitrogens with zero attached hydrogens (tertiary/aromatic N) is 5. The number of hydrogen-bond acceptors (Lipinski definition) is 12. The van der Waals surface area contributed by atoms with Gasteiger partial charge in [0.25, 0.3) is 0 Å². The zero-order valence-corrected chi connectivity index (χ0v) is 30.2. The Morgan fingerprint density at radius 2 is 1.77 bits per heavy atom. The normalized spacial score (nSPS) is 18.5. The average Bonchev–Trinajstić information content (AvgIpc) is 3.81. The van der Waals surface area contributed by atoms with Gasteiger partial charge >= 0.3 is 25.1 Å². The van der Waals surface area contributed by atoms with Gasteiger partial charge in [-0.25, -0.2) is 36.5 Å². The number of carbonyl (C=O) groups excluding carboxylic acids is 3. The smallest absolute Gasteiger partial charge is 0.534 e. The second-order valence-corrected chi connectivity index (χ2v) is 15.5. The maximum absolute atomic E-state index is 14.7. The summed E-state index contributed by atoms with van der Waals surface area (Å²) in [5.41, 5.74) is -0.388. The molecule has 3 aliphatic heterocycles. The number of phenols is 2. The molecule has 294 valence electrons. The quantitative estimate of drug-likeness (QED) is 0.0983. The Morgan fingerprint density at radius 3 is 2.48 bits per heavy atom. The van der Waals surface area contributed by atoms with Crippen molar-refractivity contribution >= 4 is 63.7 Å². The lowest BCUT2D eigenvalue weighted by molar-refractivity contribution is -0.123. The highest BCUT2D eigenvalue weighted by atomic mass is 35.5. The molecule has 4 aromatic rings. The fourth-order valence-electron chi connectivity index (χ4n) is 6.95. The molecule has 24 heteroatoms. The monoisotopic (exact) mass is 818 g/mol. The second-order valence-electron chi connectivity index (χ2n) is 13.1. The number of carbonyl (C=O) groups is 4. The minimum absolute atomic E-state index is 0.0241. The second kappa shape index (κ2) is 14.7. The van der Waals surface area contributed by atoms with Crippen molar-refractivity contribution in [2.75, 3.05) is 26.2 Å². The lowest BCUT2D eigenvalue weighted by Crippen LogP contribution is -2.56. The van der Waals surface area contributed by atoms with Gasteiger partial charge in [-0.3, -0.25) is 9.89 Å². The molecule has 19 nitrogen and oxygen atoms in total. The first-order valence-corrected chi connectivity index (χ1v) is 18.7. The van der Waals surface area contributed by atoms with Crippen molar-refractivity contribution in [3.63, 3.8) is 0 Å². The van der Waals surface area contributed by atoms with Crippen molar-refractivity contribution in [2.24, 2.45) is 0 Å². The average molecular weight is 819 g/mol. The number of H-pyrrole nitrogens is 1. The molecule has 2 atom stereocenters. The lowest BCUT2D eigenvalue weighted by atomic mass is 9.72. The molecule has 3 aliphatic rings. The van der Waals surface area contributed by atoms with Crippen LogP contribution in [0, 0.1) is 11.6 Å². The van der Waals surface area contributed by atoms with Gasteiger partial charge in [-0.1, -0.05) is 22.9 Å². The number of nitrogens with one attached hydrogen (secondary N) is 3. The van der Waals surface area contributed by atoms with Crippen LogP contribution < -0.4 is 15.3 Å². The molecule has 4 heterocycles. The highest BCUT2D eigenvalue weighted by Gasteiger charge is 2.43. The summed E-state index contributed by atoms with van der Waals surface area (Å²) in [5.74, 6) is -9.66. The molecule has 56 heavy (non-hydrogen) atoms. The molecule has 1 aromatic heterocycles. The fraction of sp³-hybridized carbons (Fsp3) is 0.312. The number of fused-ring (bicyclic) bond motifs is 2. The third-order valence-corrected chi connectivity index (χ3v) is 12.2. The first-order chi connectivity index (χ1) is 26.6. The topological polar surface area (TPSA) is 268 Å². The van der Waals surface area contributed by atoms with E-state index < -0.39 is 104 Å². The molecular weight excluding hydrogens is 789 g/mol. The maximum atomic E-state index is 14.7. The Kier molecular flexibility index (Phi) is 10.1. The minimum atomic E-state index is -3.91. The summed E-state index contributed by atoms with van der Waals surface area (Å²) in [6.45, 7) is -0.0101. The van der Waals surface area contributed by atoms with Crippen LogP contribution in [0.5, 0.6) is 17.2 Å². The predicted molar refractivity (Wildman–Crippen MR) is 188 cm³/mol. The van der Waals surface area contributed by atoms with Crippen LogP contribution in [0.3, 0.4) is 0 Å².